The Balaban J connectivity index is 2.66. The van der Waals surface area contributed by atoms with Gasteiger partial charge in [-0.15, -0.1) is 0 Å². The van der Waals surface area contributed by atoms with Crippen molar-refractivity contribution >= 4 is 10.9 Å². The summed E-state index contributed by atoms with van der Waals surface area (Å²) in [5, 5.41) is 9.72. The van der Waals surface area contributed by atoms with E-state index in [0.29, 0.717) is 10.9 Å². The van der Waals surface area contributed by atoms with Gasteiger partial charge in [-0.2, -0.15) is 0 Å². The highest BCUT2D eigenvalue weighted by Crippen LogP contribution is 2.13. The van der Waals surface area contributed by atoms with E-state index in [-0.39, 0.29) is 12.3 Å². The predicted molar refractivity (Wildman–Crippen MR) is 60.4 cm³/mol. The number of benzene rings is 1. The van der Waals surface area contributed by atoms with Crippen molar-refractivity contribution in [2.24, 2.45) is 0 Å². The zero-order valence-corrected chi connectivity index (χ0v) is 9.23. The molecule has 0 saturated carbocycles. The molecule has 0 spiro atoms. The molecule has 1 unspecified atom stereocenters. The fourth-order valence-corrected chi connectivity index (χ4v) is 1.62. The van der Waals surface area contributed by atoms with E-state index in [2.05, 4.69) is 4.98 Å². The number of fused-ring (bicyclic) bond motifs is 1. The Morgan fingerprint density at radius 2 is 2.25 bits per heavy atom. The van der Waals surface area contributed by atoms with E-state index in [1.807, 2.05) is 13.0 Å². The van der Waals surface area contributed by atoms with E-state index in [9.17, 15) is 9.90 Å². The molecule has 16 heavy (non-hydrogen) atoms. The van der Waals surface area contributed by atoms with Gasteiger partial charge >= 0.3 is 5.63 Å². The Morgan fingerprint density at radius 3 is 2.94 bits per heavy atom. The minimum absolute atomic E-state index is 0.250. The summed E-state index contributed by atoms with van der Waals surface area (Å²) in [6.07, 6.45) is -0.323. The molecule has 0 aliphatic carbocycles. The molecule has 1 heterocycles. The van der Waals surface area contributed by atoms with Gasteiger partial charge in [0.15, 0.2) is 0 Å². The number of rotatable bonds is 2. The van der Waals surface area contributed by atoms with Crippen LogP contribution in [0.15, 0.2) is 27.4 Å². The monoisotopic (exact) mass is 219 g/mol. The molecule has 0 bridgehead atoms. The molecule has 2 aromatic rings. The number of aryl methyl sites for hydroxylation is 1. The molecule has 0 aliphatic rings. The Kier molecular flexibility index (Phi) is 2.75. The van der Waals surface area contributed by atoms with E-state index in [0.717, 1.165) is 5.56 Å². The van der Waals surface area contributed by atoms with Crippen LogP contribution in [0.1, 0.15) is 18.4 Å². The van der Waals surface area contributed by atoms with Gasteiger partial charge in [-0.3, -0.25) is 0 Å². The second-order valence-corrected chi connectivity index (χ2v) is 3.92. The fraction of sp³-hybridized carbons (Fsp3) is 0.333. The topological polar surface area (TPSA) is 63.3 Å². The number of hydrogen-bond donors (Lipinski definition) is 1. The van der Waals surface area contributed by atoms with Crippen molar-refractivity contribution < 1.29 is 9.52 Å². The lowest BCUT2D eigenvalue weighted by atomic mass is 10.1. The van der Waals surface area contributed by atoms with E-state index in [1.165, 1.54) is 0 Å². The molecule has 0 saturated heterocycles. The van der Waals surface area contributed by atoms with Gasteiger partial charge in [0, 0.05) is 0 Å². The largest absolute Gasteiger partial charge is 0.408 e. The van der Waals surface area contributed by atoms with Crippen LogP contribution in [0.25, 0.3) is 10.9 Å². The second kappa shape index (κ2) is 4.06. The van der Waals surface area contributed by atoms with E-state index in [1.54, 1.807) is 19.1 Å². The van der Waals surface area contributed by atoms with E-state index < -0.39 is 11.7 Å². The number of para-hydroxylation sites is 1. The highest BCUT2D eigenvalue weighted by Gasteiger charge is 2.09. The SMILES string of the molecule is Cc1cccc2c(=O)oc(CC(C)O)nc12. The fourth-order valence-electron chi connectivity index (χ4n) is 1.62. The number of hydrogen-bond acceptors (Lipinski definition) is 4. The Morgan fingerprint density at radius 1 is 1.50 bits per heavy atom. The number of aliphatic hydroxyl groups excluding tert-OH is 1. The Hall–Kier alpha value is -1.68. The van der Waals surface area contributed by atoms with Gasteiger partial charge in [0.05, 0.1) is 23.4 Å². The molecule has 1 N–H and O–H groups in total. The Labute approximate surface area is 92.6 Å². The van der Waals surface area contributed by atoms with Crippen LogP contribution >= 0.6 is 0 Å². The third-order valence-corrected chi connectivity index (χ3v) is 2.37. The van der Waals surface area contributed by atoms with Crippen molar-refractivity contribution in [1.82, 2.24) is 4.98 Å². The summed E-state index contributed by atoms with van der Waals surface area (Å²) in [5.74, 6) is 0.279. The molecular weight excluding hydrogens is 206 g/mol. The van der Waals surface area contributed by atoms with Crippen molar-refractivity contribution in [3.63, 3.8) is 0 Å². The molecule has 0 aliphatic heterocycles. The number of nitrogens with zero attached hydrogens (tertiary/aromatic N) is 1. The molecular formula is C12H13NO3. The summed E-state index contributed by atoms with van der Waals surface area (Å²) < 4.78 is 5.03. The first-order valence-corrected chi connectivity index (χ1v) is 5.15. The second-order valence-electron chi connectivity index (χ2n) is 3.92. The first-order valence-electron chi connectivity index (χ1n) is 5.15. The maximum absolute atomic E-state index is 11.6. The minimum atomic E-state index is -0.572. The molecule has 4 nitrogen and oxygen atoms in total. The lowest BCUT2D eigenvalue weighted by molar-refractivity contribution is 0.183. The number of aliphatic hydroxyl groups is 1. The van der Waals surface area contributed by atoms with Gasteiger partial charge < -0.3 is 9.52 Å². The van der Waals surface area contributed by atoms with E-state index >= 15 is 0 Å². The zero-order chi connectivity index (χ0) is 11.7. The predicted octanol–water partition coefficient (Wildman–Crippen LogP) is 1.42. The summed E-state index contributed by atoms with van der Waals surface area (Å²) in [6, 6.07) is 5.37. The van der Waals surface area contributed by atoms with Crippen LogP contribution in [0.2, 0.25) is 0 Å². The highest BCUT2D eigenvalue weighted by molar-refractivity contribution is 5.80. The van der Waals surface area contributed by atoms with Crippen LogP contribution < -0.4 is 5.63 Å². The standard InChI is InChI=1S/C12H13NO3/c1-7-4-3-5-9-11(7)13-10(6-8(2)14)16-12(9)15/h3-5,8,14H,6H2,1-2H3. The molecule has 84 valence electrons. The minimum Gasteiger partial charge on any atom is -0.408 e. The smallest absolute Gasteiger partial charge is 0.346 e. The van der Waals surface area contributed by atoms with Crippen LogP contribution in [0.3, 0.4) is 0 Å². The molecule has 1 aromatic carbocycles. The van der Waals surface area contributed by atoms with Gasteiger partial charge in [-0.1, -0.05) is 12.1 Å². The van der Waals surface area contributed by atoms with Gasteiger partial charge in [0.2, 0.25) is 5.89 Å². The van der Waals surface area contributed by atoms with Crippen molar-refractivity contribution in [2.45, 2.75) is 26.4 Å². The summed E-state index contributed by atoms with van der Waals surface area (Å²) >= 11 is 0. The summed E-state index contributed by atoms with van der Waals surface area (Å²) in [4.78, 5) is 15.9. The van der Waals surface area contributed by atoms with Crippen molar-refractivity contribution in [2.75, 3.05) is 0 Å². The third-order valence-electron chi connectivity index (χ3n) is 2.37. The van der Waals surface area contributed by atoms with Gasteiger partial charge in [-0.25, -0.2) is 9.78 Å². The molecule has 1 atom stereocenters. The molecule has 4 heteroatoms. The first-order chi connectivity index (χ1) is 7.58. The van der Waals surface area contributed by atoms with Gasteiger partial charge in [0.1, 0.15) is 0 Å². The molecule has 0 radical (unpaired) electrons. The summed E-state index contributed by atoms with van der Waals surface area (Å²) in [5.41, 5.74) is 1.18. The van der Waals surface area contributed by atoms with Crippen LogP contribution in [-0.2, 0) is 6.42 Å². The molecule has 0 amide bonds. The van der Waals surface area contributed by atoms with Crippen molar-refractivity contribution in [3.05, 3.63) is 40.1 Å². The van der Waals surface area contributed by atoms with Crippen molar-refractivity contribution in [3.8, 4) is 0 Å². The van der Waals surface area contributed by atoms with Crippen LogP contribution in [0.5, 0.6) is 0 Å². The average Bonchev–Trinajstić information content (AvgIpc) is 2.19. The van der Waals surface area contributed by atoms with Crippen LogP contribution in [0, 0.1) is 6.92 Å². The van der Waals surface area contributed by atoms with Gasteiger partial charge in [0.25, 0.3) is 0 Å². The molecule has 2 rings (SSSR count). The lowest BCUT2D eigenvalue weighted by Crippen LogP contribution is -2.11. The van der Waals surface area contributed by atoms with Gasteiger partial charge in [-0.05, 0) is 25.5 Å². The normalized spacial score (nSPS) is 12.9. The van der Waals surface area contributed by atoms with E-state index in [4.69, 9.17) is 4.42 Å². The number of aromatic nitrogens is 1. The lowest BCUT2D eigenvalue weighted by Gasteiger charge is -2.04. The first kappa shape index (κ1) is 10.8. The van der Waals surface area contributed by atoms with Crippen LogP contribution in [-0.4, -0.2) is 16.2 Å². The zero-order valence-electron chi connectivity index (χ0n) is 9.23. The average molecular weight is 219 g/mol. The maximum atomic E-state index is 11.6. The highest BCUT2D eigenvalue weighted by atomic mass is 16.4. The third kappa shape index (κ3) is 1.97. The van der Waals surface area contributed by atoms with Crippen LogP contribution in [0.4, 0.5) is 0 Å². The maximum Gasteiger partial charge on any atom is 0.346 e. The molecule has 1 aromatic heterocycles. The van der Waals surface area contributed by atoms with Crippen molar-refractivity contribution in [1.29, 1.82) is 0 Å². The summed E-state index contributed by atoms with van der Waals surface area (Å²) in [7, 11) is 0. The Bertz CT molecular complexity index is 572. The quantitative estimate of drug-likeness (QED) is 0.829. The summed E-state index contributed by atoms with van der Waals surface area (Å²) in [6.45, 7) is 3.52. The molecule has 0 fully saturated rings.